The minimum Gasteiger partial charge on any atom is -0.469 e. The molecule has 0 aliphatic carbocycles. The van der Waals surface area contributed by atoms with Crippen LogP contribution in [-0.4, -0.2) is 24.0 Å². The lowest BCUT2D eigenvalue weighted by molar-refractivity contribution is -0.144. The van der Waals surface area contributed by atoms with Gasteiger partial charge in [-0.15, -0.1) is 0 Å². The molecule has 120 valence electrons. The standard InChI is InChI=1S/C18H20N2O3/c1-12(18(22)23-3)10-14-5-8-16(9-6-14)20-17(21)15-7-4-13(2)19-11-15/h4-9,11-12H,10H2,1-3H3,(H,20,21). The molecule has 5 nitrogen and oxygen atoms in total. The van der Waals surface area contributed by atoms with Gasteiger partial charge >= 0.3 is 5.97 Å². The number of anilines is 1. The molecule has 2 aromatic rings. The Morgan fingerprint density at radius 2 is 1.87 bits per heavy atom. The fraction of sp³-hybridized carbons (Fsp3) is 0.278. The molecule has 2 rings (SSSR count). The number of nitrogens with one attached hydrogen (secondary N) is 1. The van der Waals surface area contributed by atoms with Crippen LogP contribution in [0.2, 0.25) is 0 Å². The molecule has 1 N–H and O–H groups in total. The van der Waals surface area contributed by atoms with Crippen LogP contribution in [0.3, 0.4) is 0 Å². The monoisotopic (exact) mass is 312 g/mol. The van der Waals surface area contributed by atoms with Crippen LogP contribution in [0.1, 0.15) is 28.5 Å². The first-order valence-corrected chi connectivity index (χ1v) is 7.40. The van der Waals surface area contributed by atoms with Crippen LogP contribution in [0.4, 0.5) is 5.69 Å². The summed E-state index contributed by atoms with van der Waals surface area (Å²) >= 11 is 0. The van der Waals surface area contributed by atoms with Crippen molar-refractivity contribution in [2.24, 2.45) is 5.92 Å². The maximum atomic E-state index is 12.1. The van der Waals surface area contributed by atoms with Crippen molar-refractivity contribution < 1.29 is 14.3 Å². The molecule has 5 heteroatoms. The number of aryl methyl sites for hydroxylation is 1. The van der Waals surface area contributed by atoms with Gasteiger partial charge in [0.05, 0.1) is 18.6 Å². The van der Waals surface area contributed by atoms with Crippen LogP contribution in [0.5, 0.6) is 0 Å². The maximum absolute atomic E-state index is 12.1. The SMILES string of the molecule is COC(=O)C(C)Cc1ccc(NC(=O)c2ccc(C)nc2)cc1. The Labute approximate surface area is 135 Å². The van der Waals surface area contributed by atoms with E-state index in [0.717, 1.165) is 11.3 Å². The number of nitrogens with zero attached hydrogens (tertiary/aromatic N) is 1. The molecular weight excluding hydrogens is 292 g/mol. The lowest BCUT2D eigenvalue weighted by atomic mass is 10.0. The Kier molecular flexibility index (Phi) is 5.46. The molecule has 0 aliphatic rings. The highest BCUT2D eigenvalue weighted by Gasteiger charge is 2.13. The van der Waals surface area contributed by atoms with Gasteiger partial charge in [0, 0.05) is 17.6 Å². The van der Waals surface area contributed by atoms with Crippen molar-refractivity contribution in [3.63, 3.8) is 0 Å². The average Bonchev–Trinajstić information content (AvgIpc) is 2.56. The second-order valence-corrected chi connectivity index (χ2v) is 5.47. The maximum Gasteiger partial charge on any atom is 0.308 e. The van der Waals surface area contributed by atoms with E-state index >= 15 is 0 Å². The molecule has 1 amide bonds. The second kappa shape index (κ2) is 7.54. The van der Waals surface area contributed by atoms with Gasteiger partial charge in [-0.3, -0.25) is 14.6 Å². The van der Waals surface area contributed by atoms with Gasteiger partial charge in [0.2, 0.25) is 0 Å². The van der Waals surface area contributed by atoms with Crippen LogP contribution in [0, 0.1) is 12.8 Å². The summed E-state index contributed by atoms with van der Waals surface area (Å²) in [5.41, 5.74) is 3.09. The highest BCUT2D eigenvalue weighted by Crippen LogP contribution is 2.15. The van der Waals surface area contributed by atoms with E-state index in [1.165, 1.54) is 7.11 Å². The van der Waals surface area contributed by atoms with Crippen LogP contribution in [0.25, 0.3) is 0 Å². The number of hydrogen-bond donors (Lipinski definition) is 1. The number of carbonyl (C=O) groups excluding carboxylic acids is 2. The van der Waals surface area contributed by atoms with E-state index in [2.05, 4.69) is 10.3 Å². The molecule has 1 heterocycles. The minimum atomic E-state index is -0.228. The highest BCUT2D eigenvalue weighted by atomic mass is 16.5. The zero-order valence-corrected chi connectivity index (χ0v) is 13.5. The van der Waals surface area contributed by atoms with E-state index in [4.69, 9.17) is 4.74 Å². The Balaban J connectivity index is 1.98. The van der Waals surface area contributed by atoms with E-state index < -0.39 is 0 Å². The summed E-state index contributed by atoms with van der Waals surface area (Å²) in [7, 11) is 1.39. The molecule has 1 unspecified atom stereocenters. The third kappa shape index (κ3) is 4.64. The number of esters is 1. The fourth-order valence-electron chi connectivity index (χ4n) is 2.17. The smallest absolute Gasteiger partial charge is 0.308 e. The normalized spacial score (nSPS) is 11.6. The van der Waals surface area contributed by atoms with Crippen molar-refractivity contribution in [1.82, 2.24) is 4.98 Å². The van der Waals surface area contributed by atoms with Gasteiger partial charge in [0.25, 0.3) is 5.91 Å². The zero-order chi connectivity index (χ0) is 16.8. The molecule has 0 saturated heterocycles. The van der Waals surface area contributed by atoms with Crippen molar-refractivity contribution in [2.45, 2.75) is 20.3 Å². The van der Waals surface area contributed by atoms with Gasteiger partial charge in [-0.25, -0.2) is 0 Å². The van der Waals surface area contributed by atoms with E-state index in [1.807, 2.05) is 38.1 Å². The fourth-order valence-corrected chi connectivity index (χ4v) is 2.17. The number of carbonyl (C=O) groups is 2. The van der Waals surface area contributed by atoms with Crippen LogP contribution >= 0.6 is 0 Å². The second-order valence-electron chi connectivity index (χ2n) is 5.47. The van der Waals surface area contributed by atoms with E-state index in [9.17, 15) is 9.59 Å². The molecular formula is C18H20N2O3. The predicted octanol–water partition coefficient (Wildman–Crippen LogP) is 2.99. The first-order valence-electron chi connectivity index (χ1n) is 7.40. The van der Waals surface area contributed by atoms with Crippen molar-refractivity contribution in [2.75, 3.05) is 12.4 Å². The highest BCUT2D eigenvalue weighted by molar-refractivity contribution is 6.04. The van der Waals surface area contributed by atoms with Crippen molar-refractivity contribution in [1.29, 1.82) is 0 Å². The summed E-state index contributed by atoms with van der Waals surface area (Å²) in [6.45, 7) is 3.70. The van der Waals surface area contributed by atoms with Crippen molar-refractivity contribution >= 4 is 17.6 Å². The van der Waals surface area contributed by atoms with Gasteiger partial charge < -0.3 is 10.1 Å². The van der Waals surface area contributed by atoms with E-state index in [-0.39, 0.29) is 17.8 Å². The summed E-state index contributed by atoms with van der Waals surface area (Å²) in [4.78, 5) is 27.6. The van der Waals surface area contributed by atoms with Crippen molar-refractivity contribution in [3.05, 3.63) is 59.4 Å². The number of ether oxygens (including phenoxy) is 1. The molecule has 1 atom stereocenters. The number of rotatable bonds is 5. The van der Waals surface area contributed by atoms with Gasteiger partial charge in [0.1, 0.15) is 0 Å². The molecule has 0 fully saturated rings. The number of methoxy groups -OCH3 is 1. The first-order chi connectivity index (χ1) is 11.0. The molecule has 0 saturated carbocycles. The third-order valence-electron chi connectivity index (χ3n) is 3.53. The predicted molar refractivity (Wildman–Crippen MR) is 88.3 cm³/mol. The zero-order valence-electron chi connectivity index (χ0n) is 13.5. The van der Waals surface area contributed by atoms with Crippen LogP contribution < -0.4 is 5.32 Å². The Morgan fingerprint density at radius 1 is 1.17 bits per heavy atom. The van der Waals surface area contributed by atoms with Gasteiger partial charge in [0.15, 0.2) is 0 Å². The van der Waals surface area contributed by atoms with Gasteiger partial charge in [-0.05, 0) is 43.2 Å². The summed E-state index contributed by atoms with van der Waals surface area (Å²) in [6.07, 6.45) is 2.15. The lowest BCUT2D eigenvalue weighted by Crippen LogP contribution is -2.15. The minimum absolute atomic E-state index is 0.195. The van der Waals surface area contributed by atoms with Gasteiger partial charge in [-0.1, -0.05) is 19.1 Å². The molecule has 23 heavy (non-hydrogen) atoms. The third-order valence-corrected chi connectivity index (χ3v) is 3.53. The Morgan fingerprint density at radius 3 is 2.43 bits per heavy atom. The number of benzene rings is 1. The van der Waals surface area contributed by atoms with Crippen LogP contribution in [-0.2, 0) is 16.0 Å². The first kappa shape index (κ1) is 16.7. The molecule has 0 bridgehead atoms. The number of amides is 1. The number of hydrogen-bond acceptors (Lipinski definition) is 4. The number of aromatic nitrogens is 1. The van der Waals surface area contributed by atoms with Crippen molar-refractivity contribution in [3.8, 4) is 0 Å². The molecule has 1 aromatic carbocycles. The number of pyridine rings is 1. The summed E-state index contributed by atoms with van der Waals surface area (Å²) in [5.74, 6) is -0.624. The summed E-state index contributed by atoms with van der Waals surface area (Å²) in [5, 5.41) is 2.82. The Hall–Kier alpha value is -2.69. The van der Waals surface area contributed by atoms with E-state index in [1.54, 1.807) is 18.3 Å². The quantitative estimate of drug-likeness (QED) is 0.862. The summed E-state index contributed by atoms with van der Waals surface area (Å²) < 4.78 is 4.72. The average molecular weight is 312 g/mol. The largest absolute Gasteiger partial charge is 0.469 e. The lowest BCUT2D eigenvalue weighted by Gasteiger charge is -2.10. The Bertz CT molecular complexity index is 678. The van der Waals surface area contributed by atoms with Crippen LogP contribution in [0.15, 0.2) is 42.6 Å². The topological polar surface area (TPSA) is 68.3 Å². The van der Waals surface area contributed by atoms with E-state index in [0.29, 0.717) is 17.7 Å². The molecule has 0 radical (unpaired) electrons. The van der Waals surface area contributed by atoms with Gasteiger partial charge in [-0.2, -0.15) is 0 Å². The molecule has 0 aliphatic heterocycles. The summed E-state index contributed by atoms with van der Waals surface area (Å²) in [6, 6.07) is 11.0. The molecule has 0 spiro atoms. The molecule has 1 aromatic heterocycles.